The van der Waals surface area contributed by atoms with E-state index in [2.05, 4.69) is 46.2 Å². The average molecular weight is 562 g/mol. The maximum absolute atomic E-state index is 14.1. The lowest BCUT2D eigenvalue weighted by Gasteiger charge is -2.28. The Hall–Kier alpha value is -3.75. The van der Waals surface area contributed by atoms with Crippen LogP contribution in [0.25, 0.3) is 5.69 Å². The van der Waals surface area contributed by atoms with Crippen LogP contribution in [0.3, 0.4) is 0 Å². The van der Waals surface area contributed by atoms with Crippen molar-refractivity contribution in [2.45, 2.75) is 39.3 Å². The molecule has 2 aromatic heterocycles. The molecule has 200 valence electrons. The van der Waals surface area contributed by atoms with Crippen LogP contribution in [0, 0.1) is 26.6 Å². The average Bonchev–Trinajstić information content (AvgIpc) is 3.40. The van der Waals surface area contributed by atoms with Gasteiger partial charge in [-0.25, -0.2) is 4.39 Å². The third-order valence-corrected chi connectivity index (χ3v) is 7.96. The molecule has 5 rings (SSSR count). The Morgan fingerprint density at radius 3 is 2.62 bits per heavy atom. The minimum Gasteiger partial charge on any atom is -0.352 e. The fourth-order valence-corrected chi connectivity index (χ4v) is 5.78. The van der Waals surface area contributed by atoms with Gasteiger partial charge in [0.15, 0.2) is 5.11 Å². The van der Waals surface area contributed by atoms with Crippen LogP contribution >= 0.6 is 23.8 Å². The molecule has 1 aliphatic heterocycles. The number of benzene rings is 2. The van der Waals surface area contributed by atoms with Crippen molar-refractivity contribution in [3.63, 3.8) is 0 Å². The van der Waals surface area contributed by atoms with Crippen LogP contribution in [-0.4, -0.2) is 32.0 Å². The number of hydrogen-bond donors (Lipinski definition) is 2. The summed E-state index contributed by atoms with van der Waals surface area (Å²) in [5, 5.41) is 7.36. The molecule has 4 aromatic rings. The molecule has 1 saturated heterocycles. The lowest BCUT2D eigenvalue weighted by molar-refractivity contribution is -0.116. The van der Waals surface area contributed by atoms with Gasteiger partial charge in [-0.05, 0) is 86.6 Å². The molecule has 1 amide bonds. The molecule has 0 radical (unpaired) electrons. The highest BCUT2D eigenvalue weighted by Gasteiger charge is 2.41. The van der Waals surface area contributed by atoms with Crippen molar-refractivity contribution < 1.29 is 9.18 Å². The predicted octanol–water partition coefficient (Wildman–Crippen LogP) is 6.59. The number of para-hydroxylation sites is 1. The first kappa shape index (κ1) is 26.8. The Labute approximate surface area is 237 Å². The SMILES string of the molecule is Cc1c(Cl)cccc1-n1c(C)cc([C@@H]2[C@H](c3ccccn3)NC(=S)N2CCC(=O)Nc2ccccc2F)c1C. The topological polar surface area (TPSA) is 62.2 Å². The van der Waals surface area contributed by atoms with Crippen LogP contribution in [0.2, 0.25) is 5.02 Å². The smallest absolute Gasteiger partial charge is 0.226 e. The van der Waals surface area contributed by atoms with E-state index in [1.165, 1.54) is 6.07 Å². The van der Waals surface area contributed by atoms with E-state index >= 15 is 0 Å². The third kappa shape index (κ3) is 5.27. The lowest BCUT2D eigenvalue weighted by atomic mass is 9.96. The molecule has 0 saturated carbocycles. The van der Waals surface area contributed by atoms with Crippen molar-refractivity contribution in [3.8, 4) is 5.69 Å². The summed E-state index contributed by atoms with van der Waals surface area (Å²) in [6.07, 6.45) is 1.90. The Morgan fingerprint density at radius 1 is 1.10 bits per heavy atom. The van der Waals surface area contributed by atoms with Crippen molar-refractivity contribution in [2.75, 3.05) is 11.9 Å². The lowest BCUT2D eigenvalue weighted by Crippen LogP contribution is -2.33. The molecule has 0 aliphatic carbocycles. The number of carbonyl (C=O) groups is 1. The first-order chi connectivity index (χ1) is 18.8. The molecule has 2 atom stereocenters. The quantitative estimate of drug-likeness (QED) is 0.249. The Balaban J connectivity index is 1.50. The van der Waals surface area contributed by atoms with E-state index in [0.29, 0.717) is 16.7 Å². The largest absolute Gasteiger partial charge is 0.352 e. The fraction of sp³-hybridized carbons (Fsp3) is 0.233. The van der Waals surface area contributed by atoms with Gasteiger partial charge < -0.3 is 20.1 Å². The van der Waals surface area contributed by atoms with Gasteiger partial charge in [-0.1, -0.05) is 35.9 Å². The maximum atomic E-state index is 14.1. The van der Waals surface area contributed by atoms with Crippen molar-refractivity contribution in [3.05, 3.63) is 112 Å². The van der Waals surface area contributed by atoms with Gasteiger partial charge in [-0.2, -0.15) is 0 Å². The number of anilines is 1. The Kier molecular flexibility index (Phi) is 7.68. The zero-order valence-electron chi connectivity index (χ0n) is 21.9. The van der Waals surface area contributed by atoms with Crippen LogP contribution in [0.15, 0.2) is 72.9 Å². The number of thiocarbonyl (C=S) groups is 1. The zero-order chi connectivity index (χ0) is 27.7. The van der Waals surface area contributed by atoms with Crippen molar-refractivity contribution in [2.24, 2.45) is 0 Å². The monoisotopic (exact) mass is 561 g/mol. The minimum absolute atomic E-state index is 0.133. The van der Waals surface area contributed by atoms with Gasteiger partial charge in [0.25, 0.3) is 0 Å². The summed E-state index contributed by atoms with van der Waals surface area (Å²) in [6.45, 7) is 6.52. The van der Waals surface area contributed by atoms with Crippen molar-refractivity contribution in [1.82, 2.24) is 19.8 Å². The number of aryl methyl sites for hydroxylation is 1. The molecule has 39 heavy (non-hydrogen) atoms. The standard InChI is InChI=1S/C30H29ClFN5OS/c1-18-17-21(20(3)37(18)26-13-8-9-22(31)19(26)2)29-28(25-12-6-7-15-33-25)35-30(39)36(29)16-14-27(38)34-24-11-5-4-10-23(24)32/h4-13,15,17,28-29H,14,16H2,1-3H3,(H,34,38)(H,35,39)/t28-,29+/m0/s1. The molecule has 0 spiro atoms. The number of hydrogen-bond acceptors (Lipinski definition) is 3. The molecular formula is C30H29ClFN5OS. The second-order valence-corrected chi connectivity index (χ2v) is 10.4. The Morgan fingerprint density at radius 2 is 1.87 bits per heavy atom. The van der Waals surface area contributed by atoms with Crippen LogP contribution in [0.5, 0.6) is 0 Å². The van der Waals surface area contributed by atoms with Gasteiger partial charge in [0.2, 0.25) is 5.91 Å². The molecule has 2 N–H and O–H groups in total. The normalized spacial score (nSPS) is 16.8. The maximum Gasteiger partial charge on any atom is 0.226 e. The number of nitrogens with zero attached hydrogens (tertiary/aromatic N) is 3. The van der Waals surface area contributed by atoms with Gasteiger partial charge in [-0.15, -0.1) is 0 Å². The molecule has 0 unspecified atom stereocenters. The van der Waals surface area contributed by atoms with Gasteiger partial charge in [0.05, 0.1) is 23.5 Å². The number of pyridine rings is 1. The van der Waals surface area contributed by atoms with E-state index in [1.54, 1.807) is 24.4 Å². The summed E-state index contributed by atoms with van der Waals surface area (Å²) in [4.78, 5) is 19.5. The molecule has 9 heteroatoms. The molecule has 1 fully saturated rings. The minimum atomic E-state index is -0.471. The van der Waals surface area contributed by atoms with E-state index in [4.69, 9.17) is 23.8 Å². The van der Waals surface area contributed by atoms with Crippen molar-refractivity contribution in [1.29, 1.82) is 0 Å². The highest BCUT2D eigenvalue weighted by atomic mass is 35.5. The number of carbonyl (C=O) groups excluding carboxylic acids is 1. The van der Waals surface area contributed by atoms with E-state index in [1.807, 2.05) is 42.2 Å². The highest BCUT2D eigenvalue weighted by molar-refractivity contribution is 7.80. The van der Waals surface area contributed by atoms with Gasteiger partial charge in [-0.3, -0.25) is 9.78 Å². The molecule has 1 aliphatic rings. The number of halogens is 2. The first-order valence-electron chi connectivity index (χ1n) is 12.7. The number of aromatic nitrogens is 2. The van der Waals surface area contributed by atoms with Gasteiger partial charge >= 0.3 is 0 Å². The molecule has 6 nitrogen and oxygen atoms in total. The number of rotatable bonds is 7. The van der Waals surface area contributed by atoms with E-state index in [0.717, 1.165) is 33.9 Å². The van der Waals surface area contributed by atoms with Crippen LogP contribution < -0.4 is 10.6 Å². The summed E-state index contributed by atoms with van der Waals surface area (Å²) in [5.74, 6) is -0.760. The van der Waals surface area contributed by atoms with Crippen LogP contribution in [0.4, 0.5) is 10.1 Å². The molecular weight excluding hydrogens is 533 g/mol. The van der Waals surface area contributed by atoms with E-state index in [9.17, 15) is 9.18 Å². The van der Waals surface area contributed by atoms with Crippen molar-refractivity contribution >= 4 is 40.5 Å². The van der Waals surface area contributed by atoms with E-state index in [-0.39, 0.29) is 30.1 Å². The number of amides is 1. The summed E-state index contributed by atoms with van der Waals surface area (Å²) in [5.41, 5.74) is 6.21. The number of nitrogens with one attached hydrogen (secondary N) is 2. The Bertz CT molecular complexity index is 1540. The molecule has 3 heterocycles. The van der Waals surface area contributed by atoms with Gasteiger partial charge in [0.1, 0.15) is 5.82 Å². The second kappa shape index (κ2) is 11.2. The molecule has 0 bridgehead atoms. The summed E-state index contributed by atoms with van der Waals surface area (Å²) < 4.78 is 16.3. The van der Waals surface area contributed by atoms with Crippen LogP contribution in [-0.2, 0) is 4.79 Å². The van der Waals surface area contributed by atoms with E-state index < -0.39 is 5.82 Å². The van der Waals surface area contributed by atoms with Crippen LogP contribution in [0.1, 0.15) is 46.7 Å². The fourth-order valence-electron chi connectivity index (χ4n) is 5.28. The first-order valence-corrected chi connectivity index (χ1v) is 13.5. The summed E-state index contributed by atoms with van der Waals surface area (Å²) in [6, 6.07) is 19.6. The van der Waals surface area contributed by atoms with Gasteiger partial charge in [0, 0.05) is 41.3 Å². The predicted molar refractivity (Wildman–Crippen MR) is 157 cm³/mol. The highest BCUT2D eigenvalue weighted by Crippen LogP contribution is 2.42. The summed E-state index contributed by atoms with van der Waals surface area (Å²) >= 11 is 12.3. The summed E-state index contributed by atoms with van der Waals surface area (Å²) in [7, 11) is 0. The molecule has 2 aromatic carbocycles. The second-order valence-electron chi connectivity index (χ2n) is 9.64. The third-order valence-electron chi connectivity index (χ3n) is 7.19. The zero-order valence-corrected chi connectivity index (χ0v) is 23.5.